The molecule has 0 bridgehead atoms. The number of alkyl halides is 3. The predicted octanol–water partition coefficient (Wildman–Crippen LogP) is 2.94. The SMILES string of the molecule is Cc1ccc(CN2C(=O)CCC2C(=O)N[C@@H]2CCCN(C(=O)CCC(F)(F)F)C2)cc1. The van der Waals surface area contributed by atoms with Crippen molar-refractivity contribution in [3.63, 3.8) is 0 Å². The molecule has 3 rings (SSSR count). The van der Waals surface area contributed by atoms with Crippen molar-refractivity contribution in [2.24, 2.45) is 0 Å². The number of carbonyl (C=O) groups is 3. The van der Waals surface area contributed by atoms with Crippen molar-refractivity contribution in [1.29, 1.82) is 0 Å². The van der Waals surface area contributed by atoms with Crippen LogP contribution in [0.2, 0.25) is 0 Å². The highest BCUT2D eigenvalue weighted by Gasteiger charge is 2.37. The molecule has 2 aliphatic heterocycles. The second-order valence-electron chi connectivity index (χ2n) is 8.36. The molecule has 2 saturated heterocycles. The van der Waals surface area contributed by atoms with Gasteiger partial charge in [-0.15, -0.1) is 0 Å². The zero-order valence-electron chi connectivity index (χ0n) is 17.6. The first-order valence-corrected chi connectivity index (χ1v) is 10.6. The van der Waals surface area contributed by atoms with Gasteiger partial charge in [-0.2, -0.15) is 13.2 Å². The Morgan fingerprint density at radius 2 is 1.87 bits per heavy atom. The molecule has 9 heteroatoms. The molecule has 2 heterocycles. The van der Waals surface area contributed by atoms with Crippen LogP contribution in [0.3, 0.4) is 0 Å². The Kier molecular flexibility index (Phi) is 7.23. The van der Waals surface area contributed by atoms with Gasteiger partial charge in [-0.3, -0.25) is 14.4 Å². The average molecular weight is 439 g/mol. The lowest BCUT2D eigenvalue weighted by molar-refractivity contribution is -0.150. The fourth-order valence-corrected chi connectivity index (χ4v) is 4.12. The lowest BCUT2D eigenvalue weighted by Gasteiger charge is -2.34. The van der Waals surface area contributed by atoms with Gasteiger partial charge in [0.2, 0.25) is 17.7 Å². The maximum absolute atomic E-state index is 12.9. The Labute approximate surface area is 179 Å². The molecule has 0 spiro atoms. The van der Waals surface area contributed by atoms with E-state index < -0.39 is 31.0 Å². The summed E-state index contributed by atoms with van der Waals surface area (Å²) in [4.78, 5) is 40.3. The molecule has 0 radical (unpaired) electrons. The van der Waals surface area contributed by atoms with Crippen molar-refractivity contribution >= 4 is 17.7 Å². The van der Waals surface area contributed by atoms with Gasteiger partial charge < -0.3 is 15.1 Å². The third-order valence-corrected chi connectivity index (χ3v) is 5.85. The average Bonchev–Trinajstić information content (AvgIpc) is 3.08. The van der Waals surface area contributed by atoms with Crippen molar-refractivity contribution in [2.75, 3.05) is 13.1 Å². The number of hydrogen-bond donors (Lipinski definition) is 1. The van der Waals surface area contributed by atoms with Crippen molar-refractivity contribution in [3.8, 4) is 0 Å². The maximum Gasteiger partial charge on any atom is 0.389 e. The number of aryl methyl sites for hydroxylation is 1. The normalized spacial score (nSPS) is 22.0. The first-order chi connectivity index (χ1) is 14.6. The molecule has 1 aromatic rings. The van der Waals surface area contributed by atoms with Gasteiger partial charge in [-0.25, -0.2) is 0 Å². The Balaban J connectivity index is 1.56. The molecular weight excluding hydrogens is 411 g/mol. The summed E-state index contributed by atoms with van der Waals surface area (Å²) in [6.07, 6.45) is -4.10. The third-order valence-electron chi connectivity index (χ3n) is 5.85. The van der Waals surface area contributed by atoms with E-state index in [9.17, 15) is 27.6 Å². The minimum atomic E-state index is -4.37. The van der Waals surface area contributed by atoms with Gasteiger partial charge >= 0.3 is 6.18 Å². The van der Waals surface area contributed by atoms with Gasteiger partial charge in [0, 0.05) is 38.5 Å². The van der Waals surface area contributed by atoms with Gasteiger partial charge in [0.05, 0.1) is 6.42 Å². The fraction of sp³-hybridized carbons (Fsp3) is 0.591. The summed E-state index contributed by atoms with van der Waals surface area (Å²) >= 11 is 0. The van der Waals surface area contributed by atoms with Crippen LogP contribution in [-0.4, -0.2) is 58.9 Å². The second kappa shape index (κ2) is 9.70. The van der Waals surface area contributed by atoms with Gasteiger partial charge in [-0.05, 0) is 31.7 Å². The molecule has 0 aliphatic carbocycles. The summed E-state index contributed by atoms with van der Waals surface area (Å²) in [6, 6.07) is 6.87. The van der Waals surface area contributed by atoms with E-state index in [-0.39, 0.29) is 24.4 Å². The van der Waals surface area contributed by atoms with E-state index in [0.717, 1.165) is 11.1 Å². The number of carbonyl (C=O) groups excluding carboxylic acids is 3. The molecule has 170 valence electrons. The molecule has 1 N–H and O–H groups in total. The molecule has 3 amide bonds. The zero-order valence-corrected chi connectivity index (χ0v) is 17.6. The van der Waals surface area contributed by atoms with Crippen LogP contribution in [0.1, 0.15) is 49.7 Å². The van der Waals surface area contributed by atoms with Gasteiger partial charge in [0.1, 0.15) is 6.04 Å². The lowest BCUT2D eigenvalue weighted by atomic mass is 10.0. The third kappa shape index (κ3) is 6.45. The molecule has 2 fully saturated rings. The summed E-state index contributed by atoms with van der Waals surface area (Å²) in [5.41, 5.74) is 2.05. The Morgan fingerprint density at radius 1 is 1.16 bits per heavy atom. The van der Waals surface area contributed by atoms with Gasteiger partial charge in [0.25, 0.3) is 0 Å². The topological polar surface area (TPSA) is 69.7 Å². The van der Waals surface area contributed by atoms with E-state index in [2.05, 4.69) is 5.32 Å². The molecular formula is C22H28F3N3O3. The van der Waals surface area contributed by atoms with Gasteiger partial charge in [0.15, 0.2) is 0 Å². The highest BCUT2D eigenvalue weighted by Crippen LogP contribution is 2.24. The number of halogens is 3. The fourth-order valence-electron chi connectivity index (χ4n) is 4.12. The van der Waals surface area contributed by atoms with Crippen LogP contribution in [0.25, 0.3) is 0 Å². The number of rotatable bonds is 6. The molecule has 2 aliphatic rings. The molecule has 31 heavy (non-hydrogen) atoms. The van der Waals surface area contributed by atoms with E-state index in [1.807, 2.05) is 31.2 Å². The number of nitrogens with one attached hydrogen (secondary N) is 1. The Hall–Kier alpha value is -2.58. The summed E-state index contributed by atoms with van der Waals surface area (Å²) in [5, 5.41) is 2.91. The lowest BCUT2D eigenvalue weighted by Crippen LogP contribution is -2.53. The highest BCUT2D eigenvalue weighted by molar-refractivity contribution is 5.91. The van der Waals surface area contributed by atoms with Crippen molar-refractivity contribution in [1.82, 2.24) is 15.1 Å². The largest absolute Gasteiger partial charge is 0.389 e. The molecule has 6 nitrogen and oxygen atoms in total. The highest BCUT2D eigenvalue weighted by atomic mass is 19.4. The predicted molar refractivity (Wildman–Crippen MR) is 108 cm³/mol. The van der Waals surface area contributed by atoms with Crippen LogP contribution >= 0.6 is 0 Å². The smallest absolute Gasteiger partial charge is 0.350 e. The molecule has 0 aromatic heterocycles. The van der Waals surface area contributed by atoms with E-state index in [1.54, 1.807) is 4.90 Å². The number of hydrogen-bond acceptors (Lipinski definition) is 3. The molecule has 2 atom stereocenters. The number of nitrogens with zero attached hydrogens (tertiary/aromatic N) is 2. The first-order valence-electron chi connectivity index (χ1n) is 10.6. The van der Waals surface area contributed by atoms with Gasteiger partial charge in [-0.1, -0.05) is 29.8 Å². The summed E-state index contributed by atoms with van der Waals surface area (Å²) in [5.74, 6) is -0.894. The second-order valence-corrected chi connectivity index (χ2v) is 8.36. The standard InChI is InChI=1S/C22H28F3N3O3/c1-15-4-6-16(7-5-15)13-28-18(8-9-20(28)30)21(31)26-17-3-2-12-27(14-17)19(29)10-11-22(23,24)25/h4-7,17-18H,2-3,8-14H2,1H3,(H,26,31)/t17-,18?/m1/s1. The summed E-state index contributed by atoms with van der Waals surface area (Å²) in [7, 11) is 0. The van der Waals surface area contributed by atoms with Crippen molar-refractivity contribution in [2.45, 2.75) is 70.3 Å². The van der Waals surface area contributed by atoms with Crippen LogP contribution in [0.15, 0.2) is 24.3 Å². The van der Waals surface area contributed by atoms with Crippen molar-refractivity contribution in [3.05, 3.63) is 35.4 Å². The monoisotopic (exact) mass is 439 g/mol. The van der Waals surface area contributed by atoms with E-state index in [4.69, 9.17) is 0 Å². The van der Waals surface area contributed by atoms with Crippen LogP contribution in [-0.2, 0) is 20.9 Å². The quantitative estimate of drug-likeness (QED) is 0.741. The Morgan fingerprint density at radius 3 is 2.55 bits per heavy atom. The number of benzene rings is 1. The minimum Gasteiger partial charge on any atom is -0.350 e. The number of amides is 3. The summed E-state index contributed by atoms with van der Waals surface area (Å²) in [6.45, 7) is 2.91. The first kappa shape index (κ1) is 23.1. The van der Waals surface area contributed by atoms with E-state index in [0.29, 0.717) is 38.8 Å². The number of likely N-dealkylation sites (tertiary alicyclic amines) is 2. The van der Waals surface area contributed by atoms with Crippen LogP contribution in [0.4, 0.5) is 13.2 Å². The number of piperidine rings is 1. The summed E-state index contributed by atoms with van der Waals surface area (Å²) < 4.78 is 37.2. The Bertz CT molecular complexity index is 810. The minimum absolute atomic E-state index is 0.0756. The van der Waals surface area contributed by atoms with Crippen LogP contribution in [0.5, 0.6) is 0 Å². The maximum atomic E-state index is 12.9. The van der Waals surface area contributed by atoms with E-state index >= 15 is 0 Å². The zero-order chi connectivity index (χ0) is 22.6. The van der Waals surface area contributed by atoms with E-state index in [1.165, 1.54) is 4.90 Å². The van der Waals surface area contributed by atoms with Crippen LogP contribution in [0, 0.1) is 6.92 Å². The molecule has 0 saturated carbocycles. The van der Waals surface area contributed by atoms with Crippen molar-refractivity contribution < 1.29 is 27.6 Å². The molecule has 1 unspecified atom stereocenters. The van der Waals surface area contributed by atoms with Crippen LogP contribution < -0.4 is 5.32 Å². The molecule has 1 aromatic carbocycles.